The van der Waals surface area contributed by atoms with E-state index in [9.17, 15) is 21.6 Å². The smallest absolute Gasteiger partial charge is 0.387 e. The number of hydrogen-bond acceptors (Lipinski definition) is 4. The average molecular weight is 332 g/mol. The third-order valence-electron chi connectivity index (χ3n) is 2.48. The summed E-state index contributed by atoms with van der Waals surface area (Å²) in [6.45, 7) is -3.12. The number of halogens is 3. The second-order valence-corrected chi connectivity index (χ2v) is 5.94. The first kappa shape index (κ1) is 16.1. The van der Waals surface area contributed by atoms with Gasteiger partial charge in [0.05, 0.1) is 5.75 Å². The van der Waals surface area contributed by atoms with Gasteiger partial charge in [0.25, 0.3) is 0 Å². The van der Waals surface area contributed by atoms with Crippen LogP contribution < -0.4 is 9.46 Å². The van der Waals surface area contributed by atoms with Crippen LogP contribution in [0.1, 0.15) is 5.56 Å². The third-order valence-corrected chi connectivity index (χ3v) is 3.70. The van der Waals surface area contributed by atoms with E-state index in [0.717, 1.165) is 12.1 Å². The number of pyridine rings is 1. The van der Waals surface area contributed by atoms with Crippen LogP contribution in [0.15, 0.2) is 42.6 Å². The summed E-state index contributed by atoms with van der Waals surface area (Å²) >= 11 is 0. The largest absolute Gasteiger partial charge is 0.431 e. The Balaban J connectivity index is 2.19. The molecule has 2 aromatic rings. The van der Waals surface area contributed by atoms with Crippen molar-refractivity contribution < 1.29 is 26.3 Å². The first-order valence-corrected chi connectivity index (χ1v) is 7.66. The Kier molecular flexibility index (Phi) is 4.86. The second kappa shape index (κ2) is 6.65. The zero-order valence-corrected chi connectivity index (χ0v) is 11.9. The molecule has 0 saturated carbocycles. The number of hydrogen-bond donors (Lipinski definition) is 1. The fraction of sp³-hybridized carbons (Fsp3) is 0.154. The molecule has 0 radical (unpaired) electrons. The van der Waals surface area contributed by atoms with E-state index < -0.39 is 34.0 Å². The van der Waals surface area contributed by atoms with Gasteiger partial charge in [-0.25, -0.2) is 17.8 Å². The fourth-order valence-electron chi connectivity index (χ4n) is 1.69. The predicted molar refractivity (Wildman–Crippen MR) is 73.5 cm³/mol. The molecule has 0 saturated heterocycles. The standard InChI is InChI=1S/C13H11F3N2O3S/c14-10-4-1-3-9(7-10)8-22(19,20)18-12-11(21-13(15)16)5-2-6-17-12/h1-7,13H,8H2,(H,17,18). The number of benzene rings is 1. The summed E-state index contributed by atoms with van der Waals surface area (Å²) in [4.78, 5) is 3.65. The maximum absolute atomic E-state index is 13.0. The summed E-state index contributed by atoms with van der Waals surface area (Å²) in [5.41, 5.74) is 0.208. The Labute approximate surface area is 124 Å². The lowest BCUT2D eigenvalue weighted by Gasteiger charge is -2.11. The SMILES string of the molecule is O=S(=O)(Cc1cccc(F)c1)Nc1ncccc1OC(F)F. The molecule has 2 rings (SSSR count). The summed E-state index contributed by atoms with van der Waals surface area (Å²) in [7, 11) is -3.97. The van der Waals surface area contributed by atoms with Crippen LogP contribution in [0, 0.1) is 5.82 Å². The molecule has 1 heterocycles. The zero-order valence-electron chi connectivity index (χ0n) is 11.0. The predicted octanol–water partition coefficient (Wildman–Crippen LogP) is 2.76. The molecular formula is C13H11F3N2O3S. The molecule has 0 unspecified atom stereocenters. The summed E-state index contributed by atoms with van der Waals surface area (Å²) in [5, 5.41) is 0. The molecule has 0 amide bonds. The molecule has 0 atom stereocenters. The van der Waals surface area contributed by atoms with Gasteiger partial charge in [-0.2, -0.15) is 8.78 Å². The minimum absolute atomic E-state index is 0.208. The minimum atomic E-state index is -3.97. The van der Waals surface area contributed by atoms with Crippen molar-refractivity contribution >= 4 is 15.8 Å². The van der Waals surface area contributed by atoms with Crippen molar-refractivity contribution in [1.29, 1.82) is 0 Å². The van der Waals surface area contributed by atoms with Crippen molar-refractivity contribution in [3.8, 4) is 5.75 Å². The van der Waals surface area contributed by atoms with Crippen molar-refractivity contribution in [3.05, 3.63) is 54.0 Å². The molecule has 0 aliphatic carbocycles. The highest BCUT2D eigenvalue weighted by Crippen LogP contribution is 2.24. The van der Waals surface area contributed by atoms with Crippen molar-refractivity contribution in [1.82, 2.24) is 4.98 Å². The van der Waals surface area contributed by atoms with Gasteiger partial charge >= 0.3 is 6.61 Å². The molecule has 9 heteroatoms. The lowest BCUT2D eigenvalue weighted by Crippen LogP contribution is -2.17. The summed E-state index contributed by atoms with van der Waals surface area (Å²) in [6, 6.07) is 7.51. The van der Waals surface area contributed by atoms with Gasteiger partial charge in [0.15, 0.2) is 11.6 Å². The van der Waals surface area contributed by atoms with E-state index >= 15 is 0 Å². The number of nitrogens with zero attached hydrogens (tertiary/aromatic N) is 1. The van der Waals surface area contributed by atoms with E-state index in [1.807, 2.05) is 4.72 Å². The van der Waals surface area contributed by atoms with Gasteiger partial charge in [0.1, 0.15) is 5.82 Å². The van der Waals surface area contributed by atoms with Crippen LogP contribution in [0.25, 0.3) is 0 Å². The number of nitrogens with one attached hydrogen (secondary N) is 1. The van der Waals surface area contributed by atoms with Crippen LogP contribution >= 0.6 is 0 Å². The monoisotopic (exact) mass is 332 g/mol. The zero-order chi connectivity index (χ0) is 16.2. The van der Waals surface area contributed by atoms with E-state index in [1.54, 1.807) is 0 Å². The first-order chi connectivity index (χ1) is 10.4. The number of anilines is 1. The van der Waals surface area contributed by atoms with Gasteiger partial charge in [-0.15, -0.1) is 0 Å². The highest BCUT2D eigenvalue weighted by molar-refractivity contribution is 7.91. The Morgan fingerprint density at radius 2 is 2.00 bits per heavy atom. The summed E-state index contributed by atoms with van der Waals surface area (Å²) in [5.74, 6) is -1.87. The molecule has 0 bridgehead atoms. The Hall–Kier alpha value is -2.29. The van der Waals surface area contributed by atoms with Gasteiger partial charge in [-0.05, 0) is 29.8 Å². The van der Waals surface area contributed by atoms with E-state index in [0.29, 0.717) is 0 Å². The van der Waals surface area contributed by atoms with Crippen LogP contribution in [-0.2, 0) is 15.8 Å². The molecule has 0 aliphatic rings. The molecule has 118 valence electrons. The van der Waals surface area contributed by atoms with Crippen molar-refractivity contribution in [3.63, 3.8) is 0 Å². The van der Waals surface area contributed by atoms with E-state index in [2.05, 4.69) is 9.72 Å². The van der Waals surface area contributed by atoms with Crippen LogP contribution in [0.4, 0.5) is 19.0 Å². The highest BCUT2D eigenvalue weighted by Gasteiger charge is 2.17. The van der Waals surface area contributed by atoms with Gasteiger partial charge < -0.3 is 4.74 Å². The molecule has 1 aromatic carbocycles. The lowest BCUT2D eigenvalue weighted by molar-refractivity contribution is -0.0495. The Bertz CT molecular complexity index is 754. The number of sulfonamides is 1. The van der Waals surface area contributed by atoms with Gasteiger partial charge in [0.2, 0.25) is 10.0 Å². The van der Waals surface area contributed by atoms with E-state index in [-0.39, 0.29) is 11.4 Å². The molecule has 0 aliphatic heterocycles. The first-order valence-electron chi connectivity index (χ1n) is 6.00. The molecular weight excluding hydrogens is 321 g/mol. The van der Waals surface area contributed by atoms with Gasteiger partial charge in [0, 0.05) is 6.20 Å². The van der Waals surface area contributed by atoms with Crippen LogP contribution in [0.2, 0.25) is 0 Å². The van der Waals surface area contributed by atoms with Crippen LogP contribution in [0.3, 0.4) is 0 Å². The number of rotatable bonds is 6. The number of alkyl halides is 2. The normalized spacial score (nSPS) is 11.5. The quantitative estimate of drug-likeness (QED) is 0.883. The van der Waals surface area contributed by atoms with Crippen molar-refractivity contribution in [2.45, 2.75) is 12.4 Å². The molecule has 5 nitrogen and oxygen atoms in total. The van der Waals surface area contributed by atoms with E-state index in [4.69, 9.17) is 0 Å². The Morgan fingerprint density at radius 3 is 2.68 bits per heavy atom. The Morgan fingerprint density at radius 1 is 1.23 bits per heavy atom. The van der Waals surface area contributed by atoms with Crippen LogP contribution in [0.5, 0.6) is 5.75 Å². The highest BCUT2D eigenvalue weighted by atomic mass is 32.2. The average Bonchev–Trinajstić information content (AvgIpc) is 2.39. The van der Waals surface area contributed by atoms with Crippen LogP contribution in [-0.4, -0.2) is 20.0 Å². The lowest BCUT2D eigenvalue weighted by atomic mass is 10.2. The van der Waals surface area contributed by atoms with E-state index in [1.165, 1.54) is 30.5 Å². The minimum Gasteiger partial charge on any atom is -0.431 e. The second-order valence-electron chi connectivity index (χ2n) is 4.22. The van der Waals surface area contributed by atoms with Crippen molar-refractivity contribution in [2.24, 2.45) is 0 Å². The molecule has 22 heavy (non-hydrogen) atoms. The number of ether oxygens (including phenoxy) is 1. The molecule has 1 N–H and O–H groups in total. The third kappa shape index (κ3) is 4.62. The van der Waals surface area contributed by atoms with Gasteiger partial charge in [-0.1, -0.05) is 12.1 Å². The van der Waals surface area contributed by atoms with Crippen molar-refractivity contribution in [2.75, 3.05) is 4.72 Å². The number of aromatic nitrogens is 1. The van der Waals surface area contributed by atoms with Gasteiger partial charge in [-0.3, -0.25) is 4.72 Å². The molecule has 0 spiro atoms. The molecule has 0 fully saturated rings. The summed E-state index contributed by atoms with van der Waals surface area (Å²) in [6.07, 6.45) is 1.22. The summed E-state index contributed by atoms with van der Waals surface area (Å²) < 4.78 is 67.8. The topological polar surface area (TPSA) is 68.3 Å². The maximum atomic E-state index is 13.0. The molecule has 1 aromatic heterocycles. The fourth-order valence-corrected chi connectivity index (χ4v) is 2.83. The maximum Gasteiger partial charge on any atom is 0.387 e.